The van der Waals surface area contributed by atoms with Crippen molar-refractivity contribution in [2.45, 2.75) is 40.0 Å². The Hall–Kier alpha value is -1.09. The zero-order valence-corrected chi connectivity index (χ0v) is 11.4. The lowest BCUT2D eigenvalue weighted by Crippen LogP contribution is -2.15. The molecule has 1 aliphatic heterocycles. The number of amides is 1. The SMILES string of the molecule is CCC1=C(/C=C(\C)C(C)CCNC)NC(=O)C1. The van der Waals surface area contributed by atoms with E-state index >= 15 is 0 Å². The Morgan fingerprint density at radius 3 is 2.88 bits per heavy atom. The first-order valence-corrected chi connectivity index (χ1v) is 6.43. The van der Waals surface area contributed by atoms with E-state index in [-0.39, 0.29) is 5.91 Å². The molecule has 0 fully saturated rings. The van der Waals surface area contributed by atoms with Gasteiger partial charge in [-0.3, -0.25) is 4.79 Å². The molecule has 0 saturated carbocycles. The Bertz CT molecular complexity index is 342. The van der Waals surface area contributed by atoms with E-state index in [0.29, 0.717) is 12.3 Å². The predicted molar refractivity (Wildman–Crippen MR) is 71.5 cm³/mol. The zero-order chi connectivity index (χ0) is 12.8. The molecule has 96 valence electrons. The maximum Gasteiger partial charge on any atom is 0.228 e. The van der Waals surface area contributed by atoms with Crippen LogP contribution in [0.5, 0.6) is 0 Å². The van der Waals surface area contributed by atoms with Crippen LogP contribution in [0.15, 0.2) is 22.9 Å². The van der Waals surface area contributed by atoms with Crippen LogP contribution in [0.25, 0.3) is 0 Å². The molecular weight excluding hydrogens is 212 g/mol. The molecule has 3 heteroatoms. The number of rotatable bonds is 6. The lowest BCUT2D eigenvalue weighted by molar-refractivity contribution is -0.118. The number of allylic oxidation sites excluding steroid dienone is 2. The predicted octanol–water partition coefficient (Wildman–Crippen LogP) is 2.36. The van der Waals surface area contributed by atoms with Crippen molar-refractivity contribution >= 4 is 5.91 Å². The van der Waals surface area contributed by atoms with E-state index in [0.717, 1.165) is 25.1 Å². The molecule has 2 N–H and O–H groups in total. The van der Waals surface area contributed by atoms with Gasteiger partial charge in [-0.1, -0.05) is 19.4 Å². The summed E-state index contributed by atoms with van der Waals surface area (Å²) in [6, 6.07) is 0. The third-order valence-electron chi connectivity index (χ3n) is 3.43. The zero-order valence-electron chi connectivity index (χ0n) is 11.4. The van der Waals surface area contributed by atoms with Gasteiger partial charge in [0.1, 0.15) is 0 Å². The molecule has 0 aromatic rings. The normalized spacial score (nSPS) is 18.6. The van der Waals surface area contributed by atoms with Gasteiger partial charge in [0, 0.05) is 5.70 Å². The molecule has 0 radical (unpaired) electrons. The van der Waals surface area contributed by atoms with E-state index in [1.54, 1.807) is 0 Å². The Balaban J connectivity index is 2.70. The second kappa shape index (κ2) is 6.60. The number of nitrogens with one attached hydrogen (secondary N) is 2. The van der Waals surface area contributed by atoms with Crippen LogP contribution in [0.1, 0.15) is 40.0 Å². The Labute approximate surface area is 104 Å². The fourth-order valence-corrected chi connectivity index (χ4v) is 1.98. The smallest absolute Gasteiger partial charge is 0.228 e. The maximum absolute atomic E-state index is 11.4. The average molecular weight is 236 g/mol. The second-order valence-corrected chi connectivity index (χ2v) is 4.78. The lowest BCUT2D eigenvalue weighted by atomic mass is 9.97. The van der Waals surface area contributed by atoms with Gasteiger partial charge in [0.05, 0.1) is 6.42 Å². The van der Waals surface area contributed by atoms with Gasteiger partial charge >= 0.3 is 0 Å². The molecule has 0 spiro atoms. The summed E-state index contributed by atoms with van der Waals surface area (Å²) in [4.78, 5) is 11.4. The molecule has 0 aromatic heterocycles. The summed E-state index contributed by atoms with van der Waals surface area (Å²) in [6.45, 7) is 7.50. The highest BCUT2D eigenvalue weighted by Crippen LogP contribution is 2.22. The summed E-state index contributed by atoms with van der Waals surface area (Å²) in [7, 11) is 1.97. The molecule has 0 saturated heterocycles. The molecule has 0 aliphatic carbocycles. The molecule has 1 aliphatic rings. The van der Waals surface area contributed by atoms with Gasteiger partial charge in [0.2, 0.25) is 5.91 Å². The van der Waals surface area contributed by atoms with E-state index in [2.05, 4.69) is 37.5 Å². The Morgan fingerprint density at radius 2 is 2.29 bits per heavy atom. The fraction of sp³-hybridized carbons (Fsp3) is 0.643. The molecule has 1 atom stereocenters. The average Bonchev–Trinajstić information content (AvgIpc) is 2.66. The first-order chi connectivity index (χ1) is 8.08. The summed E-state index contributed by atoms with van der Waals surface area (Å²) >= 11 is 0. The number of carbonyl (C=O) groups is 1. The van der Waals surface area contributed by atoms with Gasteiger partial charge in [-0.25, -0.2) is 0 Å². The summed E-state index contributed by atoms with van der Waals surface area (Å²) in [5, 5.41) is 6.11. The van der Waals surface area contributed by atoms with Crippen LogP contribution in [0.2, 0.25) is 0 Å². The molecular formula is C14H24N2O. The summed E-state index contributed by atoms with van der Waals surface area (Å²) in [5.41, 5.74) is 3.60. The van der Waals surface area contributed by atoms with E-state index in [1.165, 1.54) is 11.1 Å². The number of hydrogen-bond acceptors (Lipinski definition) is 2. The Morgan fingerprint density at radius 1 is 1.59 bits per heavy atom. The van der Waals surface area contributed by atoms with E-state index in [1.807, 2.05) is 7.05 Å². The van der Waals surface area contributed by atoms with Crippen LogP contribution in [-0.4, -0.2) is 19.5 Å². The second-order valence-electron chi connectivity index (χ2n) is 4.78. The van der Waals surface area contributed by atoms with Crippen molar-refractivity contribution in [1.29, 1.82) is 0 Å². The first kappa shape index (κ1) is 14.0. The van der Waals surface area contributed by atoms with E-state index in [9.17, 15) is 4.79 Å². The third kappa shape index (κ3) is 4.00. The topological polar surface area (TPSA) is 41.1 Å². The number of carbonyl (C=O) groups excluding carboxylic acids is 1. The van der Waals surface area contributed by atoms with E-state index in [4.69, 9.17) is 0 Å². The summed E-state index contributed by atoms with van der Waals surface area (Å²) in [5.74, 6) is 0.675. The standard InChI is InChI=1S/C14H24N2O/c1-5-12-9-14(17)16-13(12)8-11(3)10(2)6-7-15-4/h8,10,15H,5-7,9H2,1-4H3,(H,16,17)/b11-8+. The Kier molecular flexibility index (Phi) is 5.42. The third-order valence-corrected chi connectivity index (χ3v) is 3.43. The van der Waals surface area contributed by atoms with Gasteiger partial charge < -0.3 is 10.6 Å². The minimum Gasteiger partial charge on any atom is -0.326 e. The van der Waals surface area contributed by atoms with Gasteiger partial charge in [0.25, 0.3) is 0 Å². The van der Waals surface area contributed by atoms with Crippen LogP contribution in [0.3, 0.4) is 0 Å². The molecule has 1 rings (SSSR count). The molecule has 1 unspecified atom stereocenters. The van der Waals surface area contributed by atoms with Crippen molar-refractivity contribution in [3.8, 4) is 0 Å². The van der Waals surface area contributed by atoms with Gasteiger partial charge in [0.15, 0.2) is 0 Å². The van der Waals surface area contributed by atoms with Crippen molar-refractivity contribution in [3.05, 3.63) is 22.9 Å². The van der Waals surface area contributed by atoms with Crippen molar-refractivity contribution in [2.75, 3.05) is 13.6 Å². The minimum atomic E-state index is 0.128. The number of hydrogen-bond donors (Lipinski definition) is 2. The molecule has 1 heterocycles. The van der Waals surface area contributed by atoms with Crippen LogP contribution >= 0.6 is 0 Å². The largest absolute Gasteiger partial charge is 0.326 e. The van der Waals surface area contributed by atoms with Crippen molar-refractivity contribution in [3.63, 3.8) is 0 Å². The minimum absolute atomic E-state index is 0.128. The molecule has 1 amide bonds. The molecule has 0 aromatic carbocycles. The van der Waals surface area contributed by atoms with Crippen LogP contribution in [0, 0.1) is 5.92 Å². The fourth-order valence-electron chi connectivity index (χ4n) is 1.98. The summed E-state index contributed by atoms with van der Waals surface area (Å²) in [6.07, 6.45) is 4.79. The van der Waals surface area contributed by atoms with Gasteiger partial charge in [-0.05, 0) is 50.9 Å². The monoisotopic (exact) mass is 236 g/mol. The van der Waals surface area contributed by atoms with Crippen molar-refractivity contribution in [1.82, 2.24) is 10.6 Å². The summed E-state index contributed by atoms with van der Waals surface area (Å²) < 4.78 is 0. The van der Waals surface area contributed by atoms with Gasteiger partial charge in [-0.15, -0.1) is 0 Å². The highest BCUT2D eigenvalue weighted by Gasteiger charge is 2.18. The van der Waals surface area contributed by atoms with E-state index < -0.39 is 0 Å². The maximum atomic E-state index is 11.4. The molecule has 3 nitrogen and oxygen atoms in total. The molecule has 17 heavy (non-hydrogen) atoms. The van der Waals surface area contributed by atoms with Crippen LogP contribution in [-0.2, 0) is 4.79 Å². The van der Waals surface area contributed by atoms with Crippen molar-refractivity contribution < 1.29 is 4.79 Å². The van der Waals surface area contributed by atoms with Crippen LogP contribution in [0.4, 0.5) is 0 Å². The quantitative estimate of drug-likeness (QED) is 0.743. The van der Waals surface area contributed by atoms with Gasteiger partial charge in [-0.2, -0.15) is 0 Å². The lowest BCUT2D eigenvalue weighted by Gasteiger charge is -2.12. The first-order valence-electron chi connectivity index (χ1n) is 6.43. The van der Waals surface area contributed by atoms with Crippen LogP contribution < -0.4 is 10.6 Å². The molecule has 0 bridgehead atoms. The highest BCUT2D eigenvalue weighted by molar-refractivity contribution is 5.84. The van der Waals surface area contributed by atoms with Crippen molar-refractivity contribution in [2.24, 2.45) is 5.92 Å². The highest BCUT2D eigenvalue weighted by atomic mass is 16.1.